The Labute approximate surface area is 157 Å². The first-order valence-corrected chi connectivity index (χ1v) is 8.88. The second-order valence-electron chi connectivity index (χ2n) is 4.94. The highest BCUT2D eigenvalue weighted by Gasteiger charge is 2.12. The third-order valence-corrected chi connectivity index (χ3v) is 5.15. The number of aromatic nitrogens is 1. The van der Waals surface area contributed by atoms with Crippen molar-refractivity contribution >= 4 is 62.3 Å². The summed E-state index contributed by atoms with van der Waals surface area (Å²) in [6, 6.07) is 10.3. The van der Waals surface area contributed by atoms with Crippen molar-refractivity contribution in [2.45, 2.75) is 6.54 Å². The fraction of sp³-hybridized carbons (Fsp3) is 0.0588. The topological polar surface area (TPSA) is 34.4 Å². The predicted octanol–water partition coefficient (Wildman–Crippen LogP) is 5.59. The monoisotopic (exact) mass is 396 g/mol. The fourth-order valence-corrected chi connectivity index (χ4v) is 3.93. The van der Waals surface area contributed by atoms with Crippen LogP contribution in [0.5, 0.6) is 0 Å². The summed E-state index contributed by atoms with van der Waals surface area (Å²) in [5.41, 5.74) is 1.21. The van der Waals surface area contributed by atoms with E-state index < -0.39 is 5.91 Å². The summed E-state index contributed by atoms with van der Waals surface area (Å²) in [5, 5.41) is 1.37. The Hall–Kier alpha value is -1.59. The lowest BCUT2D eigenvalue weighted by Gasteiger charge is -2.02. The van der Waals surface area contributed by atoms with Crippen LogP contribution < -0.4 is 4.80 Å². The molecule has 0 saturated carbocycles. The molecule has 3 aromatic rings. The van der Waals surface area contributed by atoms with Crippen LogP contribution in [0.4, 0.5) is 0 Å². The zero-order valence-electron chi connectivity index (χ0n) is 12.3. The van der Waals surface area contributed by atoms with E-state index in [-0.39, 0.29) is 5.56 Å². The van der Waals surface area contributed by atoms with E-state index in [1.807, 2.05) is 16.7 Å². The van der Waals surface area contributed by atoms with Crippen LogP contribution in [0.2, 0.25) is 15.1 Å². The second kappa shape index (κ2) is 7.11. The van der Waals surface area contributed by atoms with Gasteiger partial charge >= 0.3 is 0 Å². The molecule has 7 heteroatoms. The van der Waals surface area contributed by atoms with Gasteiger partial charge in [-0.25, -0.2) is 0 Å². The van der Waals surface area contributed by atoms with Crippen LogP contribution in [0.3, 0.4) is 0 Å². The fourth-order valence-electron chi connectivity index (χ4n) is 2.25. The molecule has 1 aromatic heterocycles. The number of halogens is 3. The lowest BCUT2D eigenvalue weighted by atomic mass is 10.2. The SMILES string of the molecule is C=CCn1c(=NC(=O)c2cc(Cl)ccc2Cl)sc2cc(Cl)ccc21. The zero-order chi connectivity index (χ0) is 17.3. The molecular formula is C17H11Cl3N2OS. The van der Waals surface area contributed by atoms with Crippen molar-refractivity contribution in [1.82, 2.24) is 4.57 Å². The van der Waals surface area contributed by atoms with E-state index in [9.17, 15) is 4.79 Å². The van der Waals surface area contributed by atoms with E-state index in [4.69, 9.17) is 34.8 Å². The van der Waals surface area contributed by atoms with Gasteiger partial charge in [0.05, 0.1) is 20.8 Å². The van der Waals surface area contributed by atoms with Gasteiger partial charge in [-0.3, -0.25) is 4.79 Å². The van der Waals surface area contributed by atoms with Crippen molar-refractivity contribution < 1.29 is 4.79 Å². The quantitative estimate of drug-likeness (QED) is 0.530. The van der Waals surface area contributed by atoms with E-state index in [0.717, 1.165) is 10.2 Å². The third-order valence-electron chi connectivity index (χ3n) is 3.31. The van der Waals surface area contributed by atoms with Crippen molar-refractivity contribution in [2.75, 3.05) is 0 Å². The number of rotatable bonds is 3. The molecule has 0 radical (unpaired) electrons. The molecule has 3 rings (SSSR count). The van der Waals surface area contributed by atoms with Crippen molar-refractivity contribution in [3.05, 3.63) is 74.5 Å². The lowest BCUT2D eigenvalue weighted by Crippen LogP contribution is -2.16. The molecule has 0 aliphatic rings. The molecule has 24 heavy (non-hydrogen) atoms. The minimum Gasteiger partial charge on any atom is -0.312 e. The molecule has 0 fully saturated rings. The Morgan fingerprint density at radius 3 is 2.62 bits per heavy atom. The number of allylic oxidation sites excluding steroid dienone is 1. The van der Waals surface area contributed by atoms with Crippen LogP contribution in [0.15, 0.2) is 54.0 Å². The molecular weight excluding hydrogens is 387 g/mol. The van der Waals surface area contributed by atoms with Gasteiger partial charge in [0.2, 0.25) is 0 Å². The lowest BCUT2D eigenvalue weighted by molar-refractivity contribution is 0.0998. The highest BCUT2D eigenvalue weighted by atomic mass is 35.5. The maximum absolute atomic E-state index is 12.5. The minimum absolute atomic E-state index is 0.268. The number of fused-ring (bicyclic) bond motifs is 1. The van der Waals surface area contributed by atoms with E-state index in [2.05, 4.69) is 11.6 Å². The summed E-state index contributed by atoms with van der Waals surface area (Å²) in [6.07, 6.45) is 1.75. The number of nitrogens with zero attached hydrogens (tertiary/aromatic N) is 2. The van der Waals surface area contributed by atoms with Crippen LogP contribution in [0.25, 0.3) is 10.2 Å². The third kappa shape index (κ3) is 3.42. The molecule has 122 valence electrons. The van der Waals surface area contributed by atoms with Crippen LogP contribution in [0.1, 0.15) is 10.4 Å². The Morgan fingerprint density at radius 2 is 1.88 bits per heavy atom. The molecule has 0 saturated heterocycles. The summed E-state index contributed by atoms with van der Waals surface area (Å²) in [4.78, 5) is 17.3. The molecule has 0 atom stereocenters. The zero-order valence-corrected chi connectivity index (χ0v) is 15.4. The van der Waals surface area contributed by atoms with Gasteiger partial charge in [0, 0.05) is 16.6 Å². The van der Waals surface area contributed by atoms with Gasteiger partial charge in [0.15, 0.2) is 4.80 Å². The molecule has 2 aromatic carbocycles. The maximum Gasteiger partial charge on any atom is 0.281 e. The largest absolute Gasteiger partial charge is 0.312 e. The number of benzene rings is 2. The van der Waals surface area contributed by atoms with Gasteiger partial charge in [-0.2, -0.15) is 4.99 Å². The van der Waals surface area contributed by atoms with Crippen molar-refractivity contribution in [3.63, 3.8) is 0 Å². The van der Waals surface area contributed by atoms with Gasteiger partial charge in [-0.05, 0) is 36.4 Å². The van der Waals surface area contributed by atoms with Crippen molar-refractivity contribution in [2.24, 2.45) is 4.99 Å². The smallest absolute Gasteiger partial charge is 0.281 e. The Balaban J connectivity index is 2.18. The van der Waals surface area contributed by atoms with Gasteiger partial charge in [0.25, 0.3) is 5.91 Å². The average Bonchev–Trinajstić information content (AvgIpc) is 2.86. The molecule has 0 unspecified atom stereocenters. The number of amides is 1. The number of thiazole rings is 1. The summed E-state index contributed by atoms with van der Waals surface area (Å²) >= 11 is 19.4. The van der Waals surface area contributed by atoms with Gasteiger partial charge in [-0.15, -0.1) is 6.58 Å². The summed E-state index contributed by atoms with van der Waals surface area (Å²) in [6.45, 7) is 4.28. The molecule has 0 bridgehead atoms. The Bertz CT molecular complexity index is 1020. The second-order valence-corrected chi connectivity index (χ2v) is 7.23. The van der Waals surface area contributed by atoms with Crippen LogP contribution in [-0.4, -0.2) is 10.5 Å². The molecule has 0 N–H and O–H groups in total. The molecule has 1 amide bonds. The summed E-state index contributed by atoms with van der Waals surface area (Å²) in [5.74, 6) is -0.446. The van der Waals surface area contributed by atoms with Crippen LogP contribution in [-0.2, 0) is 6.54 Å². The van der Waals surface area contributed by atoms with E-state index in [0.29, 0.717) is 26.4 Å². The average molecular weight is 398 g/mol. The first kappa shape index (κ1) is 17.2. The van der Waals surface area contributed by atoms with E-state index in [1.165, 1.54) is 17.4 Å². The van der Waals surface area contributed by atoms with Gasteiger partial charge in [0.1, 0.15) is 0 Å². The minimum atomic E-state index is -0.446. The summed E-state index contributed by atoms with van der Waals surface area (Å²) < 4.78 is 2.84. The first-order chi connectivity index (χ1) is 11.5. The van der Waals surface area contributed by atoms with E-state index in [1.54, 1.807) is 24.3 Å². The van der Waals surface area contributed by atoms with Crippen LogP contribution in [0, 0.1) is 0 Å². The first-order valence-electron chi connectivity index (χ1n) is 6.93. The molecule has 0 spiro atoms. The Kier molecular flexibility index (Phi) is 5.11. The molecule has 3 nitrogen and oxygen atoms in total. The molecule has 1 heterocycles. The van der Waals surface area contributed by atoms with Crippen LogP contribution >= 0.6 is 46.1 Å². The maximum atomic E-state index is 12.5. The van der Waals surface area contributed by atoms with Crippen molar-refractivity contribution in [3.8, 4) is 0 Å². The van der Waals surface area contributed by atoms with Crippen molar-refractivity contribution in [1.29, 1.82) is 0 Å². The molecule has 0 aliphatic carbocycles. The number of carbonyl (C=O) groups excluding carboxylic acids is 1. The molecule has 0 aliphatic heterocycles. The number of hydrogen-bond donors (Lipinski definition) is 0. The highest BCUT2D eigenvalue weighted by Crippen LogP contribution is 2.23. The standard InChI is InChI=1S/C17H11Cl3N2OS/c1-2-7-22-14-6-4-11(19)9-15(14)24-17(22)21-16(23)12-8-10(18)3-5-13(12)20/h2-6,8-9H,1,7H2. The number of hydrogen-bond acceptors (Lipinski definition) is 2. The summed E-state index contributed by atoms with van der Waals surface area (Å²) in [7, 11) is 0. The van der Waals surface area contributed by atoms with E-state index >= 15 is 0 Å². The van der Waals surface area contributed by atoms with Gasteiger partial charge < -0.3 is 4.57 Å². The highest BCUT2D eigenvalue weighted by molar-refractivity contribution is 7.16. The Morgan fingerprint density at radius 1 is 1.17 bits per heavy atom. The number of carbonyl (C=O) groups is 1. The van der Waals surface area contributed by atoms with Gasteiger partial charge in [-0.1, -0.05) is 52.2 Å². The predicted molar refractivity (Wildman–Crippen MR) is 101 cm³/mol. The normalized spacial score (nSPS) is 11.9.